The van der Waals surface area contributed by atoms with E-state index in [0.717, 1.165) is 49.3 Å². The number of nitrogens with one attached hydrogen (secondary N) is 1. The first-order valence-corrected chi connectivity index (χ1v) is 9.77. The predicted octanol–water partition coefficient (Wildman–Crippen LogP) is 1.42. The molecule has 0 saturated carbocycles. The highest BCUT2D eigenvalue weighted by Gasteiger charge is 2.24. The Hall–Kier alpha value is -2.58. The summed E-state index contributed by atoms with van der Waals surface area (Å²) in [7, 11) is 1.62. The molecule has 0 atom stereocenters. The summed E-state index contributed by atoms with van der Waals surface area (Å²) in [6, 6.07) is 7.91. The fraction of sp³-hybridized carbons (Fsp3) is 0.421. The Balaban J connectivity index is 1.58. The molecule has 1 aliphatic heterocycles. The molecule has 28 heavy (non-hydrogen) atoms. The van der Waals surface area contributed by atoms with E-state index in [-0.39, 0.29) is 0 Å². The van der Waals surface area contributed by atoms with Crippen LogP contribution in [0, 0.1) is 0 Å². The smallest absolute Gasteiger partial charge is 0.329 e. The van der Waals surface area contributed by atoms with E-state index in [9.17, 15) is 9.59 Å². The monoisotopic (exact) mass is 402 g/mol. The van der Waals surface area contributed by atoms with Gasteiger partial charge in [-0.1, -0.05) is 29.8 Å². The molecule has 0 spiro atoms. The van der Waals surface area contributed by atoms with Crippen LogP contribution in [-0.2, 0) is 20.1 Å². The van der Waals surface area contributed by atoms with Crippen LogP contribution in [0.25, 0.3) is 11.2 Å². The van der Waals surface area contributed by atoms with Gasteiger partial charge in [-0.2, -0.15) is 4.98 Å². The number of benzene rings is 1. The molecule has 1 aliphatic rings. The number of anilines is 1. The molecule has 0 radical (unpaired) electrons. The number of aryl methyl sites for hydroxylation is 2. The fourth-order valence-electron chi connectivity index (χ4n) is 3.74. The summed E-state index contributed by atoms with van der Waals surface area (Å²) in [5.74, 6) is 0.738. The number of hydrogen-bond donors (Lipinski definition) is 1. The largest absolute Gasteiger partial charge is 0.340 e. The molecular formula is C19H23ClN6O2. The Morgan fingerprint density at radius 2 is 1.86 bits per heavy atom. The van der Waals surface area contributed by atoms with Gasteiger partial charge in [-0.15, -0.1) is 0 Å². The van der Waals surface area contributed by atoms with Gasteiger partial charge in [0.15, 0.2) is 11.2 Å². The lowest BCUT2D eigenvalue weighted by Crippen LogP contribution is -2.46. The highest BCUT2D eigenvalue weighted by Crippen LogP contribution is 2.22. The van der Waals surface area contributed by atoms with Crippen LogP contribution in [0.1, 0.15) is 12.5 Å². The van der Waals surface area contributed by atoms with Crippen molar-refractivity contribution in [3.63, 3.8) is 0 Å². The molecule has 0 unspecified atom stereocenters. The molecule has 0 amide bonds. The van der Waals surface area contributed by atoms with Gasteiger partial charge >= 0.3 is 5.69 Å². The van der Waals surface area contributed by atoms with Crippen molar-refractivity contribution in [2.45, 2.75) is 20.0 Å². The maximum Gasteiger partial charge on any atom is 0.329 e. The van der Waals surface area contributed by atoms with Crippen LogP contribution >= 0.6 is 11.6 Å². The number of H-pyrrole nitrogens is 1. The summed E-state index contributed by atoms with van der Waals surface area (Å²) in [5.41, 5.74) is 1.15. The predicted molar refractivity (Wildman–Crippen MR) is 110 cm³/mol. The molecule has 148 valence electrons. The lowest BCUT2D eigenvalue weighted by Gasteiger charge is -2.35. The van der Waals surface area contributed by atoms with E-state index in [1.54, 1.807) is 7.05 Å². The maximum atomic E-state index is 12.3. The summed E-state index contributed by atoms with van der Waals surface area (Å²) in [4.78, 5) is 35.8. The second kappa shape index (κ2) is 7.44. The molecule has 4 rings (SSSR count). The maximum absolute atomic E-state index is 12.3. The summed E-state index contributed by atoms with van der Waals surface area (Å²) in [6.07, 6.45) is 0. The Morgan fingerprint density at radius 1 is 1.14 bits per heavy atom. The van der Waals surface area contributed by atoms with Crippen LogP contribution in [0.3, 0.4) is 0 Å². The van der Waals surface area contributed by atoms with Crippen molar-refractivity contribution in [3.05, 3.63) is 55.7 Å². The normalized spacial score (nSPS) is 15.5. The van der Waals surface area contributed by atoms with E-state index in [4.69, 9.17) is 11.6 Å². The molecule has 9 heteroatoms. The van der Waals surface area contributed by atoms with Crippen molar-refractivity contribution < 1.29 is 0 Å². The fourth-order valence-corrected chi connectivity index (χ4v) is 3.93. The SMILES string of the molecule is CCn1c(N2CCN(Cc3ccccc3Cl)CC2)nc2c1c(=O)[nH]c(=O)n2C. The number of nitrogens with zero attached hydrogens (tertiary/aromatic N) is 5. The van der Waals surface area contributed by atoms with Gasteiger partial charge in [0, 0.05) is 51.3 Å². The standard InChI is InChI=1S/C19H23ClN6O2/c1-3-26-15-16(23(2)19(28)22-17(15)27)21-18(26)25-10-8-24(9-11-25)12-13-6-4-5-7-14(13)20/h4-7H,3,8-12H2,1-2H3,(H,22,27,28). The van der Waals surface area contributed by atoms with Crippen molar-refractivity contribution >= 4 is 28.7 Å². The second-order valence-corrected chi connectivity index (χ2v) is 7.41. The minimum absolute atomic E-state index is 0.393. The number of aromatic amines is 1. The lowest BCUT2D eigenvalue weighted by atomic mass is 10.2. The van der Waals surface area contributed by atoms with Crippen molar-refractivity contribution in [1.82, 2.24) is 24.0 Å². The van der Waals surface area contributed by atoms with Gasteiger partial charge in [0.05, 0.1) is 0 Å². The van der Waals surface area contributed by atoms with E-state index >= 15 is 0 Å². The molecule has 0 aliphatic carbocycles. The first-order chi connectivity index (χ1) is 13.5. The summed E-state index contributed by atoms with van der Waals surface area (Å²) in [5, 5.41) is 0.790. The van der Waals surface area contributed by atoms with Crippen molar-refractivity contribution in [3.8, 4) is 0 Å². The van der Waals surface area contributed by atoms with Gasteiger partial charge in [-0.3, -0.25) is 19.2 Å². The Kier molecular flexibility index (Phi) is 4.99. The molecule has 1 saturated heterocycles. The van der Waals surface area contributed by atoms with Gasteiger partial charge < -0.3 is 9.47 Å². The molecule has 1 N–H and O–H groups in total. The highest BCUT2D eigenvalue weighted by atomic mass is 35.5. The van der Waals surface area contributed by atoms with E-state index in [2.05, 4.69) is 25.8 Å². The summed E-state index contributed by atoms with van der Waals surface area (Å²) < 4.78 is 3.28. The van der Waals surface area contributed by atoms with Crippen molar-refractivity contribution in [1.29, 1.82) is 0 Å². The Bertz CT molecular complexity index is 1120. The highest BCUT2D eigenvalue weighted by molar-refractivity contribution is 6.31. The van der Waals surface area contributed by atoms with Crippen molar-refractivity contribution in [2.75, 3.05) is 31.1 Å². The van der Waals surface area contributed by atoms with Gasteiger partial charge in [0.2, 0.25) is 5.95 Å². The zero-order valence-corrected chi connectivity index (χ0v) is 16.7. The number of fused-ring (bicyclic) bond motifs is 1. The van der Waals surface area contributed by atoms with E-state index in [0.29, 0.717) is 17.7 Å². The van der Waals surface area contributed by atoms with E-state index in [1.165, 1.54) is 4.57 Å². The van der Waals surface area contributed by atoms with Crippen LogP contribution in [0.15, 0.2) is 33.9 Å². The quantitative estimate of drug-likeness (QED) is 0.714. The molecule has 3 aromatic rings. The minimum atomic E-state index is -0.450. The first-order valence-electron chi connectivity index (χ1n) is 9.40. The number of piperazine rings is 1. The Labute approximate surface area is 167 Å². The van der Waals surface area contributed by atoms with Crippen LogP contribution in [0.2, 0.25) is 5.02 Å². The minimum Gasteiger partial charge on any atom is -0.340 e. The average Bonchev–Trinajstić information content (AvgIpc) is 3.09. The molecular weight excluding hydrogens is 380 g/mol. The number of rotatable bonds is 4. The topological polar surface area (TPSA) is 79.2 Å². The molecule has 1 fully saturated rings. The zero-order valence-electron chi connectivity index (χ0n) is 16.0. The third-order valence-corrected chi connectivity index (χ3v) is 5.68. The third-order valence-electron chi connectivity index (χ3n) is 5.31. The molecule has 0 bridgehead atoms. The van der Waals surface area contributed by atoms with Gasteiger partial charge in [-0.25, -0.2) is 4.79 Å². The number of aromatic nitrogens is 4. The third kappa shape index (κ3) is 3.22. The molecule has 1 aromatic carbocycles. The van der Waals surface area contributed by atoms with Crippen LogP contribution in [-0.4, -0.2) is 50.2 Å². The second-order valence-electron chi connectivity index (χ2n) is 7.00. The van der Waals surface area contributed by atoms with E-state index in [1.807, 2.05) is 29.7 Å². The lowest BCUT2D eigenvalue weighted by molar-refractivity contribution is 0.248. The summed E-state index contributed by atoms with van der Waals surface area (Å²) in [6.45, 7) is 6.71. The average molecular weight is 403 g/mol. The van der Waals surface area contributed by atoms with Crippen LogP contribution in [0.4, 0.5) is 5.95 Å². The zero-order chi connectivity index (χ0) is 19.8. The van der Waals surface area contributed by atoms with Crippen LogP contribution < -0.4 is 16.1 Å². The molecule has 3 heterocycles. The summed E-state index contributed by atoms with van der Waals surface area (Å²) >= 11 is 6.28. The molecule has 2 aromatic heterocycles. The number of imidazole rings is 1. The number of halogens is 1. The first kappa shape index (κ1) is 18.8. The van der Waals surface area contributed by atoms with E-state index < -0.39 is 11.2 Å². The number of hydrogen-bond acceptors (Lipinski definition) is 5. The molecule has 8 nitrogen and oxygen atoms in total. The van der Waals surface area contributed by atoms with Gasteiger partial charge in [0.25, 0.3) is 5.56 Å². The Morgan fingerprint density at radius 3 is 2.54 bits per heavy atom. The van der Waals surface area contributed by atoms with Gasteiger partial charge in [-0.05, 0) is 18.6 Å². The van der Waals surface area contributed by atoms with Gasteiger partial charge in [0.1, 0.15) is 0 Å². The van der Waals surface area contributed by atoms with Crippen molar-refractivity contribution in [2.24, 2.45) is 7.05 Å². The van der Waals surface area contributed by atoms with Crippen LogP contribution in [0.5, 0.6) is 0 Å².